The van der Waals surface area contributed by atoms with Crippen molar-refractivity contribution in [2.75, 3.05) is 44.3 Å². The van der Waals surface area contributed by atoms with Crippen molar-refractivity contribution in [3.05, 3.63) is 78.3 Å². The summed E-state index contributed by atoms with van der Waals surface area (Å²) in [6, 6.07) is 13.9. The van der Waals surface area contributed by atoms with Gasteiger partial charge in [0.05, 0.1) is 0 Å². The molecule has 0 saturated carbocycles. The molecule has 2 unspecified atom stereocenters. The van der Waals surface area contributed by atoms with Gasteiger partial charge in [-0.05, 0) is 73.7 Å². The smallest absolute Gasteiger partial charge is 0.244 e. The van der Waals surface area contributed by atoms with Crippen molar-refractivity contribution < 1.29 is 18.3 Å². The van der Waals surface area contributed by atoms with E-state index in [1.807, 2.05) is 4.90 Å². The maximum absolute atomic E-state index is 13.6. The Morgan fingerprint density at radius 1 is 0.977 bits per heavy atom. The van der Waals surface area contributed by atoms with Crippen molar-refractivity contribution >= 4 is 11.7 Å². The maximum atomic E-state index is 13.6. The zero-order chi connectivity index (χ0) is 30.5. The minimum atomic E-state index is -0.368. The summed E-state index contributed by atoms with van der Waals surface area (Å²) >= 11 is 0. The lowest BCUT2D eigenvalue weighted by atomic mass is 9.88. The maximum Gasteiger partial charge on any atom is 0.244 e. The molecule has 2 atom stereocenters. The summed E-state index contributed by atoms with van der Waals surface area (Å²) in [5.41, 5.74) is 2.33. The quantitative estimate of drug-likeness (QED) is 0.243. The Bertz CT molecular complexity index is 1550. The van der Waals surface area contributed by atoms with E-state index in [1.54, 1.807) is 35.3 Å². The molecule has 2 fully saturated rings. The molecule has 2 aliphatic rings. The van der Waals surface area contributed by atoms with Gasteiger partial charge in [0.2, 0.25) is 5.91 Å². The second-order valence-electron chi connectivity index (χ2n) is 11.6. The van der Waals surface area contributed by atoms with Gasteiger partial charge in [0.15, 0.2) is 11.6 Å². The number of carbonyl (C=O) groups is 1. The first-order chi connectivity index (χ1) is 21.5. The van der Waals surface area contributed by atoms with Crippen LogP contribution in [-0.4, -0.2) is 74.9 Å². The molecule has 0 aliphatic carbocycles. The number of halogens is 2. The molecule has 11 heteroatoms. The highest BCUT2D eigenvalue weighted by Gasteiger charge is 2.26. The van der Waals surface area contributed by atoms with Crippen LogP contribution < -0.4 is 4.90 Å². The lowest BCUT2D eigenvalue weighted by Crippen LogP contribution is -2.50. The second-order valence-corrected chi connectivity index (χ2v) is 11.6. The molecule has 1 amide bonds. The Hall–Kier alpha value is -4.25. The van der Waals surface area contributed by atoms with Gasteiger partial charge in [-0.3, -0.25) is 4.79 Å². The molecule has 6 rings (SSSR count). The fraction of sp³-hybridized carbons (Fsp3) is 0.424. The molecule has 2 aromatic carbocycles. The lowest BCUT2D eigenvalue weighted by molar-refractivity contribution is -0.132. The number of benzene rings is 2. The van der Waals surface area contributed by atoms with E-state index in [9.17, 15) is 13.6 Å². The highest BCUT2D eigenvalue weighted by Crippen LogP contribution is 2.32. The van der Waals surface area contributed by atoms with E-state index in [1.165, 1.54) is 24.3 Å². The Labute approximate surface area is 255 Å². The summed E-state index contributed by atoms with van der Waals surface area (Å²) in [7, 11) is 0. The predicted octanol–water partition coefficient (Wildman–Crippen LogP) is 5.34. The van der Waals surface area contributed by atoms with E-state index < -0.39 is 0 Å². The molecule has 230 valence electrons. The zero-order valence-corrected chi connectivity index (χ0v) is 24.9. The average molecular weight is 602 g/mol. The van der Waals surface area contributed by atoms with Gasteiger partial charge >= 0.3 is 0 Å². The monoisotopic (exact) mass is 601 g/mol. The van der Waals surface area contributed by atoms with Crippen LogP contribution in [0.25, 0.3) is 22.8 Å². The number of hydrogen-bond acceptors (Lipinski definition) is 7. The Kier molecular flexibility index (Phi) is 9.20. The Balaban J connectivity index is 1.13. The molecule has 0 N–H and O–H groups in total. The molecule has 2 aliphatic heterocycles. The Morgan fingerprint density at radius 3 is 2.34 bits per heavy atom. The normalized spacial score (nSPS) is 17.7. The molecule has 2 saturated heterocycles. The van der Waals surface area contributed by atoms with Gasteiger partial charge in [0.1, 0.15) is 30.3 Å². The van der Waals surface area contributed by atoms with Crippen LogP contribution in [0.15, 0.2) is 60.9 Å². The van der Waals surface area contributed by atoms with E-state index in [-0.39, 0.29) is 24.1 Å². The minimum absolute atomic E-state index is 0.0257. The van der Waals surface area contributed by atoms with Crippen molar-refractivity contribution in [2.45, 2.75) is 45.1 Å². The van der Waals surface area contributed by atoms with E-state index >= 15 is 0 Å². The van der Waals surface area contributed by atoms with Crippen molar-refractivity contribution in [2.24, 2.45) is 5.92 Å². The zero-order valence-electron chi connectivity index (χ0n) is 24.9. The SMILES string of the molecule is CCCC(CC1CCOC1)c1cc(N2CCN(C(=O)Cn3nc(-c4ccc(F)cc4)nc3-c3ccc(F)cc3)CC2)ncn1. The third-order valence-electron chi connectivity index (χ3n) is 8.49. The number of amides is 1. The molecular formula is C33H37F2N7O2. The summed E-state index contributed by atoms with van der Waals surface area (Å²) in [6.07, 6.45) is 6.04. The number of anilines is 1. The topological polar surface area (TPSA) is 89.3 Å². The Morgan fingerprint density at radius 2 is 1.68 bits per heavy atom. The number of hydrogen-bond donors (Lipinski definition) is 0. The van der Waals surface area contributed by atoms with Crippen molar-refractivity contribution in [3.63, 3.8) is 0 Å². The molecule has 4 aromatic rings. The van der Waals surface area contributed by atoms with E-state index in [2.05, 4.69) is 37.9 Å². The van der Waals surface area contributed by atoms with Gasteiger partial charge < -0.3 is 14.5 Å². The number of rotatable bonds is 10. The van der Waals surface area contributed by atoms with Gasteiger partial charge in [-0.2, -0.15) is 0 Å². The average Bonchev–Trinajstić information content (AvgIpc) is 3.72. The highest BCUT2D eigenvalue weighted by molar-refractivity contribution is 5.77. The number of aromatic nitrogens is 5. The van der Waals surface area contributed by atoms with Crippen LogP contribution in [0.5, 0.6) is 0 Å². The molecule has 2 aromatic heterocycles. The number of ether oxygens (including phenoxy) is 1. The first kappa shape index (κ1) is 29.8. The van der Waals surface area contributed by atoms with Crippen LogP contribution in [0.1, 0.15) is 44.2 Å². The molecule has 44 heavy (non-hydrogen) atoms. The van der Waals surface area contributed by atoms with Crippen molar-refractivity contribution in [1.29, 1.82) is 0 Å². The standard InChI is InChI=1S/C33H37F2N7O2/c1-2-3-26(18-23-12-17-44-21-23)29-19-30(37-22-36-29)40-13-15-41(16-14-40)31(43)20-42-33(25-6-10-28(35)11-7-25)38-32(39-42)24-4-8-27(34)9-5-24/h4-11,19,22-23,26H,2-3,12-18,20-21H2,1H3. The summed E-state index contributed by atoms with van der Waals surface area (Å²) in [5, 5.41) is 4.59. The van der Waals surface area contributed by atoms with Crippen LogP contribution in [0.4, 0.5) is 14.6 Å². The largest absolute Gasteiger partial charge is 0.381 e. The molecule has 0 radical (unpaired) electrons. The summed E-state index contributed by atoms with van der Waals surface area (Å²) < 4.78 is 34.3. The van der Waals surface area contributed by atoms with E-state index in [0.717, 1.165) is 50.4 Å². The molecule has 0 spiro atoms. The predicted molar refractivity (Wildman–Crippen MR) is 163 cm³/mol. The fourth-order valence-corrected chi connectivity index (χ4v) is 6.06. The van der Waals surface area contributed by atoms with Gasteiger partial charge in [0.25, 0.3) is 0 Å². The molecule has 4 heterocycles. The van der Waals surface area contributed by atoms with Gasteiger partial charge in [-0.1, -0.05) is 13.3 Å². The van der Waals surface area contributed by atoms with Gasteiger partial charge in [-0.15, -0.1) is 5.10 Å². The van der Waals surface area contributed by atoms with Crippen molar-refractivity contribution in [1.82, 2.24) is 29.6 Å². The van der Waals surface area contributed by atoms with E-state index in [4.69, 9.17) is 4.74 Å². The van der Waals surface area contributed by atoms with Crippen LogP contribution in [0.3, 0.4) is 0 Å². The highest BCUT2D eigenvalue weighted by atomic mass is 19.1. The summed E-state index contributed by atoms with van der Waals surface area (Å²) in [4.78, 5) is 31.4. The first-order valence-corrected chi connectivity index (χ1v) is 15.4. The number of carbonyl (C=O) groups excluding carboxylic acids is 1. The lowest BCUT2D eigenvalue weighted by Gasteiger charge is -2.35. The number of piperazine rings is 1. The fourth-order valence-electron chi connectivity index (χ4n) is 6.06. The molecule has 0 bridgehead atoms. The second kappa shape index (κ2) is 13.6. The number of nitrogens with zero attached hydrogens (tertiary/aromatic N) is 7. The molecule has 9 nitrogen and oxygen atoms in total. The van der Waals surface area contributed by atoms with Crippen molar-refractivity contribution in [3.8, 4) is 22.8 Å². The van der Waals surface area contributed by atoms with Gasteiger partial charge in [0, 0.05) is 68.2 Å². The van der Waals surface area contributed by atoms with Crippen LogP contribution in [0.2, 0.25) is 0 Å². The third kappa shape index (κ3) is 6.93. The third-order valence-corrected chi connectivity index (χ3v) is 8.49. The van der Waals surface area contributed by atoms with Gasteiger partial charge in [-0.25, -0.2) is 28.4 Å². The molecular weight excluding hydrogens is 564 g/mol. The minimum Gasteiger partial charge on any atom is -0.381 e. The van der Waals surface area contributed by atoms with Crippen LogP contribution in [-0.2, 0) is 16.1 Å². The summed E-state index contributed by atoms with van der Waals surface area (Å²) in [5.74, 6) is 1.85. The first-order valence-electron chi connectivity index (χ1n) is 15.4. The van der Waals surface area contributed by atoms with Crippen LogP contribution >= 0.6 is 0 Å². The van der Waals surface area contributed by atoms with Crippen LogP contribution in [0, 0.1) is 17.6 Å². The summed E-state index contributed by atoms with van der Waals surface area (Å²) in [6.45, 7) is 6.26. The van der Waals surface area contributed by atoms with E-state index in [0.29, 0.717) is 60.8 Å².